The van der Waals surface area contributed by atoms with E-state index in [9.17, 15) is 18.3 Å². The van der Waals surface area contributed by atoms with Crippen molar-refractivity contribution in [1.29, 1.82) is 0 Å². The van der Waals surface area contributed by atoms with Crippen molar-refractivity contribution < 1.29 is 32.2 Å². The van der Waals surface area contributed by atoms with E-state index in [2.05, 4.69) is 14.3 Å². The van der Waals surface area contributed by atoms with Crippen LogP contribution in [0.5, 0.6) is 11.5 Å². The second-order valence-electron chi connectivity index (χ2n) is 9.17. The summed E-state index contributed by atoms with van der Waals surface area (Å²) in [6, 6.07) is 9.43. The molecule has 0 fully saturated rings. The molecule has 0 aliphatic carbocycles. The molecule has 0 saturated heterocycles. The van der Waals surface area contributed by atoms with Gasteiger partial charge in [0.05, 0.1) is 5.69 Å². The van der Waals surface area contributed by atoms with Gasteiger partial charge in [0.2, 0.25) is 6.29 Å². The van der Waals surface area contributed by atoms with Crippen LogP contribution in [0.1, 0.15) is 25.0 Å². The number of carbonyl (C=O) groups is 1. The summed E-state index contributed by atoms with van der Waals surface area (Å²) in [6.07, 6.45) is -1.99. The van der Waals surface area contributed by atoms with Crippen molar-refractivity contribution in [3.05, 3.63) is 58.9 Å². The fourth-order valence-corrected chi connectivity index (χ4v) is 4.18. The molecule has 2 aromatic carbocycles. The van der Waals surface area contributed by atoms with Crippen LogP contribution in [-0.4, -0.2) is 76.5 Å². The average Bonchev–Trinajstić information content (AvgIpc) is 2.82. The van der Waals surface area contributed by atoms with E-state index in [0.717, 1.165) is 5.57 Å². The molecule has 37 heavy (non-hydrogen) atoms. The molecule has 0 radical (unpaired) electrons. The van der Waals surface area contributed by atoms with Crippen LogP contribution in [0.15, 0.2) is 42.0 Å². The Kier molecular flexibility index (Phi) is 8.80. The molecule has 1 aliphatic heterocycles. The summed E-state index contributed by atoms with van der Waals surface area (Å²) < 4.78 is 54.4. The Morgan fingerprint density at radius 1 is 1.22 bits per heavy atom. The third-order valence-electron chi connectivity index (χ3n) is 6.03. The number of rotatable bonds is 9. The molecule has 1 amide bonds. The lowest BCUT2D eigenvalue weighted by Gasteiger charge is -2.32. The Morgan fingerprint density at radius 2 is 1.92 bits per heavy atom. The number of nitrogens with one attached hydrogen (secondary N) is 2. The molecule has 1 aliphatic rings. The maximum absolute atomic E-state index is 15.3. The summed E-state index contributed by atoms with van der Waals surface area (Å²) >= 11 is 0. The van der Waals surface area contributed by atoms with Gasteiger partial charge in [-0.15, -0.1) is 0 Å². The van der Waals surface area contributed by atoms with Gasteiger partial charge in [-0.3, -0.25) is 9.62 Å². The SMILES string of the molecule is CNS(=O)(=O)Nc1cccc(CC2=C(CN(C)C(C)C)c3ccc(OC(=O)N(C)C)cc3OC2O)c1F. The first-order chi connectivity index (χ1) is 17.3. The Labute approximate surface area is 216 Å². The minimum absolute atomic E-state index is 0.0276. The van der Waals surface area contributed by atoms with Gasteiger partial charge in [0, 0.05) is 57.4 Å². The maximum Gasteiger partial charge on any atom is 0.414 e. The van der Waals surface area contributed by atoms with E-state index in [1.165, 1.54) is 36.2 Å². The maximum atomic E-state index is 15.3. The highest BCUT2D eigenvalue weighted by molar-refractivity contribution is 7.90. The molecule has 0 aromatic heterocycles. The topological polar surface area (TPSA) is 120 Å². The number of anilines is 1. The summed E-state index contributed by atoms with van der Waals surface area (Å²) in [5.41, 5.74) is 1.80. The van der Waals surface area contributed by atoms with E-state index >= 15 is 4.39 Å². The monoisotopic (exact) mass is 536 g/mol. The lowest BCUT2D eigenvalue weighted by molar-refractivity contribution is 0.00982. The lowest BCUT2D eigenvalue weighted by atomic mass is 9.91. The second kappa shape index (κ2) is 11.5. The van der Waals surface area contributed by atoms with Gasteiger partial charge < -0.3 is 19.5 Å². The summed E-state index contributed by atoms with van der Waals surface area (Å²) in [5.74, 6) is -0.182. The van der Waals surface area contributed by atoms with E-state index in [0.29, 0.717) is 23.4 Å². The molecule has 202 valence electrons. The molecule has 1 unspecified atom stereocenters. The molecule has 0 saturated carbocycles. The molecule has 0 bridgehead atoms. The van der Waals surface area contributed by atoms with E-state index in [1.54, 1.807) is 26.2 Å². The third kappa shape index (κ3) is 6.77. The van der Waals surface area contributed by atoms with E-state index in [4.69, 9.17) is 9.47 Å². The highest BCUT2D eigenvalue weighted by Gasteiger charge is 2.30. The number of benzene rings is 2. The van der Waals surface area contributed by atoms with Gasteiger partial charge in [-0.2, -0.15) is 8.42 Å². The van der Waals surface area contributed by atoms with Gasteiger partial charge in [-0.1, -0.05) is 12.1 Å². The minimum atomic E-state index is -3.92. The number of aliphatic hydroxyl groups is 1. The molecule has 12 heteroatoms. The first-order valence-corrected chi connectivity index (χ1v) is 13.1. The molecule has 1 atom stereocenters. The lowest BCUT2D eigenvalue weighted by Crippen LogP contribution is -2.33. The number of nitrogens with zero attached hydrogens (tertiary/aromatic N) is 2. The molecular formula is C25H33FN4O6S. The average molecular weight is 537 g/mol. The van der Waals surface area contributed by atoms with Gasteiger partial charge in [0.1, 0.15) is 11.5 Å². The van der Waals surface area contributed by atoms with E-state index in [-0.39, 0.29) is 29.5 Å². The van der Waals surface area contributed by atoms with Gasteiger partial charge in [-0.25, -0.2) is 13.9 Å². The summed E-state index contributed by atoms with van der Waals surface area (Å²) in [4.78, 5) is 15.3. The van der Waals surface area contributed by atoms with Gasteiger partial charge in [-0.05, 0) is 50.2 Å². The summed E-state index contributed by atoms with van der Waals surface area (Å²) in [7, 11) is 2.35. The van der Waals surface area contributed by atoms with Gasteiger partial charge in [0.25, 0.3) is 10.2 Å². The van der Waals surface area contributed by atoms with Crippen molar-refractivity contribution in [2.24, 2.45) is 0 Å². The molecule has 3 rings (SSSR count). The number of aliphatic hydroxyl groups excluding tert-OH is 1. The Hall–Kier alpha value is -3.19. The number of ether oxygens (including phenoxy) is 2. The number of halogens is 1. The number of carbonyl (C=O) groups excluding carboxylic acids is 1. The molecule has 2 aromatic rings. The number of fused-ring (bicyclic) bond motifs is 1. The normalized spacial score (nSPS) is 15.5. The van der Waals surface area contributed by atoms with Crippen LogP contribution in [0.4, 0.5) is 14.9 Å². The highest BCUT2D eigenvalue weighted by atomic mass is 32.2. The summed E-state index contributed by atoms with van der Waals surface area (Å²) in [5, 5.41) is 11.0. The zero-order chi connectivity index (χ0) is 27.5. The van der Waals surface area contributed by atoms with Crippen molar-refractivity contribution >= 4 is 27.6 Å². The highest BCUT2D eigenvalue weighted by Crippen LogP contribution is 2.40. The smallest absolute Gasteiger partial charge is 0.414 e. The fourth-order valence-electron chi connectivity index (χ4n) is 3.63. The fraction of sp³-hybridized carbons (Fsp3) is 0.400. The van der Waals surface area contributed by atoms with Crippen molar-refractivity contribution in [2.45, 2.75) is 32.6 Å². The van der Waals surface area contributed by atoms with E-state index in [1.807, 2.05) is 20.9 Å². The van der Waals surface area contributed by atoms with E-state index < -0.39 is 28.4 Å². The first kappa shape index (κ1) is 28.4. The van der Waals surface area contributed by atoms with Crippen LogP contribution in [0, 0.1) is 5.82 Å². The molecule has 10 nitrogen and oxygen atoms in total. The Balaban J connectivity index is 2.06. The van der Waals surface area contributed by atoms with Crippen LogP contribution in [0.3, 0.4) is 0 Å². The van der Waals surface area contributed by atoms with Crippen molar-refractivity contribution in [3.63, 3.8) is 0 Å². The zero-order valence-corrected chi connectivity index (χ0v) is 22.5. The quantitative estimate of drug-likeness (QED) is 0.451. The standard InChI is InChI=1S/C25H33FN4O6S/c1-15(2)30(6)14-20-18-11-10-17(35-25(32)29(4)5)13-22(18)36-24(31)19(20)12-16-8-7-9-21(23(16)26)28-37(33,34)27-3/h7-11,13,15,24,27-28,31H,12,14H2,1-6H3. The van der Waals surface area contributed by atoms with Crippen molar-refractivity contribution in [1.82, 2.24) is 14.5 Å². The van der Waals surface area contributed by atoms with Crippen LogP contribution < -0.4 is 18.9 Å². The molecule has 1 heterocycles. The molecule has 3 N–H and O–H groups in total. The first-order valence-electron chi connectivity index (χ1n) is 11.6. The summed E-state index contributed by atoms with van der Waals surface area (Å²) in [6.45, 7) is 4.47. The predicted octanol–water partition coefficient (Wildman–Crippen LogP) is 2.81. The largest absolute Gasteiger partial charge is 0.460 e. The number of hydrogen-bond acceptors (Lipinski definition) is 7. The van der Waals surface area contributed by atoms with Crippen molar-refractivity contribution in [2.75, 3.05) is 39.5 Å². The third-order valence-corrected chi connectivity index (χ3v) is 7.06. The van der Waals surface area contributed by atoms with Crippen LogP contribution in [-0.2, 0) is 16.6 Å². The Bertz CT molecular complexity index is 1300. The van der Waals surface area contributed by atoms with Crippen molar-refractivity contribution in [3.8, 4) is 11.5 Å². The van der Waals surface area contributed by atoms with Crippen LogP contribution in [0.25, 0.3) is 5.57 Å². The van der Waals surface area contributed by atoms with Gasteiger partial charge in [0.15, 0.2) is 5.82 Å². The second-order valence-corrected chi connectivity index (χ2v) is 10.8. The predicted molar refractivity (Wildman–Crippen MR) is 139 cm³/mol. The number of likely N-dealkylation sites (N-methyl/N-ethyl adjacent to an activating group) is 1. The molecule has 0 spiro atoms. The zero-order valence-electron chi connectivity index (χ0n) is 21.7. The Morgan fingerprint density at radius 3 is 2.54 bits per heavy atom. The van der Waals surface area contributed by atoms with Crippen LogP contribution in [0.2, 0.25) is 0 Å². The van der Waals surface area contributed by atoms with Crippen LogP contribution >= 0.6 is 0 Å². The number of hydrogen-bond donors (Lipinski definition) is 3. The number of amides is 1. The van der Waals surface area contributed by atoms with Gasteiger partial charge >= 0.3 is 6.09 Å². The molecular weight excluding hydrogens is 503 g/mol. The minimum Gasteiger partial charge on any atom is -0.460 e.